The standard InChI is InChI=1S/C13H24O3/c1-5-12(2,3)11(14)16-10-6-8-13(4,15)9-7-10/h10,15H,5-9H2,1-4H3. The number of carbonyl (C=O) groups excluding carboxylic acids is 1. The molecule has 0 unspecified atom stereocenters. The third kappa shape index (κ3) is 3.48. The predicted octanol–water partition coefficient (Wildman–Crippen LogP) is 2.66. The van der Waals surface area contributed by atoms with Gasteiger partial charge < -0.3 is 9.84 Å². The van der Waals surface area contributed by atoms with Crippen molar-refractivity contribution in [2.75, 3.05) is 0 Å². The van der Waals surface area contributed by atoms with Gasteiger partial charge in [-0.1, -0.05) is 6.92 Å². The summed E-state index contributed by atoms with van der Waals surface area (Å²) in [7, 11) is 0. The molecular weight excluding hydrogens is 204 g/mol. The van der Waals surface area contributed by atoms with Gasteiger partial charge in [-0.3, -0.25) is 4.79 Å². The molecule has 0 aliphatic heterocycles. The first-order valence-electron chi connectivity index (χ1n) is 6.20. The highest BCUT2D eigenvalue weighted by Crippen LogP contribution is 2.31. The van der Waals surface area contributed by atoms with Crippen molar-refractivity contribution < 1.29 is 14.6 Å². The molecule has 1 fully saturated rings. The summed E-state index contributed by atoms with van der Waals surface area (Å²) in [6.07, 6.45) is 3.78. The van der Waals surface area contributed by atoms with E-state index in [0.717, 1.165) is 32.1 Å². The van der Waals surface area contributed by atoms with Gasteiger partial charge in [0.2, 0.25) is 0 Å². The van der Waals surface area contributed by atoms with Crippen LogP contribution in [0.5, 0.6) is 0 Å². The molecule has 0 spiro atoms. The summed E-state index contributed by atoms with van der Waals surface area (Å²) in [4.78, 5) is 11.8. The molecule has 0 aromatic carbocycles. The quantitative estimate of drug-likeness (QED) is 0.755. The number of hydrogen-bond donors (Lipinski definition) is 1. The smallest absolute Gasteiger partial charge is 0.311 e. The molecule has 1 rings (SSSR count). The average molecular weight is 228 g/mol. The second kappa shape index (κ2) is 4.74. The van der Waals surface area contributed by atoms with E-state index >= 15 is 0 Å². The van der Waals surface area contributed by atoms with Crippen molar-refractivity contribution in [2.45, 2.75) is 71.5 Å². The van der Waals surface area contributed by atoms with E-state index in [0.29, 0.717) is 0 Å². The van der Waals surface area contributed by atoms with Crippen LogP contribution in [0.4, 0.5) is 0 Å². The fraction of sp³-hybridized carbons (Fsp3) is 0.923. The van der Waals surface area contributed by atoms with Crippen LogP contribution >= 0.6 is 0 Å². The fourth-order valence-corrected chi connectivity index (χ4v) is 1.79. The second-order valence-electron chi connectivity index (χ2n) is 5.84. The summed E-state index contributed by atoms with van der Waals surface area (Å²) in [6.45, 7) is 7.66. The number of hydrogen-bond acceptors (Lipinski definition) is 3. The molecule has 0 saturated heterocycles. The van der Waals surface area contributed by atoms with Crippen LogP contribution in [0.25, 0.3) is 0 Å². The van der Waals surface area contributed by atoms with Crippen LogP contribution in [0.2, 0.25) is 0 Å². The fourth-order valence-electron chi connectivity index (χ4n) is 1.79. The summed E-state index contributed by atoms with van der Waals surface area (Å²) in [6, 6.07) is 0. The average Bonchev–Trinajstić information content (AvgIpc) is 2.21. The molecular formula is C13H24O3. The zero-order valence-electron chi connectivity index (χ0n) is 10.9. The lowest BCUT2D eigenvalue weighted by molar-refractivity contribution is -0.163. The maximum atomic E-state index is 11.8. The number of ether oxygens (including phenoxy) is 1. The lowest BCUT2D eigenvalue weighted by atomic mass is 9.84. The number of rotatable bonds is 3. The van der Waals surface area contributed by atoms with Crippen LogP contribution in [-0.2, 0) is 9.53 Å². The van der Waals surface area contributed by atoms with E-state index in [2.05, 4.69) is 0 Å². The molecule has 0 aromatic rings. The summed E-state index contributed by atoms with van der Waals surface area (Å²) in [5.74, 6) is -0.110. The van der Waals surface area contributed by atoms with Gasteiger partial charge in [-0.25, -0.2) is 0 Å². The van der Waals surface area contributed by atoms with Gasteiger partial charge in [0.1, 0.15) is 6.10 Å². The highest BCUT2D eigenvalue weighted by Gasteiger charge is 2.34. The third-order valence-corrected chi connectivity index (χ3v) is 3.72. The van der Waals surface area contributed by atoms with Gasteiger partial charge in [0.25, 0.3) is 0 Å². The van der Waals surface area contributed by atoms with Crippen molar-refractivity contribution in [3.05, 3.63) is 0 Å². The molecule has 94 valence electrons. The number of esters is 1. The van der Waals surface area contributed by atoms with Crippen LogP contribution in [-0.4, -0.2) is 22.8 Å². The van der Waals surface area contributed by atoms with E-state index in [9.17, 15) is 9.90 Å². The lowest BCUT2D eigenvalue weighted by Gasteiger charge is -2.34. The van der Waals surface area contributed by atoms with Crippen molar-refractivity contribution in [2.24, 2.45) is 5.41 Å². The Morgan fingerprint density at radius 2 is 1.94 bits per heavy atom. The first-order valence-corrected chi connectivity index (χ1v) is 6.20. The van der Waals surface area contributed by atoms with Gasteiger partial charge in [-0.2, -0.15) is 0 Å². The first-order chi connectivity index (χ1) is 7.27. The highest BCUT2D eigenvalue weighted by molar-refractivity contribution is 5.75. The zero-order valence-corrected chi connectivity index (χ0v) is 10.9. The second-order valence-corrected chi connectivity index (χ2v) is 5.84. The largest absolute Gasteiger partial charge is 0.462 e. The maximum absolute atomic E-state index is 11.8. The number of carbonyl (C=O) groups is 1. The minimum absolute atomic E-state index is 0.00134. The molecule has 16 heavy (non-hydrogen) atoms. The lowest BCUT2D eigenvalue weighted by Crippen LogP contribution is -2.37. The van der Waals surface area contributed by atoms with Gasteiger partial charge in [-0.15, -0.1) is 0 Å². The van der Waals surface area contributed by atoms with Crippen LogP contribution in [0.1, 0.15) is 59.8 Å². The minimum atomic E-state index is -0.566. The molecule has 3 nitrogen and oxygen atoms in total. The summed E-state index contributed by atoms with van der Waals surface area (Å²) in [5.41, 5.74) is -0.955. The Morgan fingerprint density at radius 1 is 1.44 bits per heavy atom. The van der Waals surface area contributed by atoms with Gasteiger partial charge in [0.15, 0.2) is 0 Å². The molecule has 0 aromatic heterocycles. The van der Waals surface area contributed by atoms with Crippen LogP contribution in [0, 0.1) is 5.41 Å². The molecule has 0 radical (unpaired) electrons. The Hall–Kier alpha value is -0.570. The Morgan fingerprint density at radius 3 is 2.38 bits per heavy atom. The maximum Gasteiger partial charge on any atom is 0.311 e. The monoisotopic (exact) mass is 228 g/mol. The van der Waals surface area contributed by atoms with Crippen molar-refractivity contribution in [1.82, 2.24) is 0 Å². The van der Waals surface area contributed by atoms with E-state index in [4.69, 9.17) is 4.74 Å². The third-order valence-electron chi connectivity index (χ3n) is 3.72. The van der Waals surface area contributed by atoms with E-state index < -0.39 is 5.60 Å². The van der Waals surface area contributed by atoms with Crippen molar-refractivity contribution in [3.63, 3.8) is 0 Å². The number of aliphatic hydroxyl groups is 1. The first kappa shape index (κ1) is 13.5. The molecule has 0 heterocycles. The molecule has 0 bridgehead atoms. The molecule has 0 atom stereocenters. The summed E-state index contributed by atoms with van der Waals surface area (Å²) in [5, 5.41) is 9.79. The van der Waals surface area contributed by atoms with E-state index in [-0.39, 0.29) is 17.5 Å². The van der Waals surface area contributed by atoms with Gasteiger partial charge in [0, 0.05) is 0 Å². The van der Waals surface area contributed by atoms with Crippen LogP contribution in [0.3, 0.4) is 0 Å². The van der Waals surface area contributed by atoms with Crippen LogP contribution in [0.15, 0.2) is 0 Å². The van der Waals surface area contributed by atoms with Crippen molar-refractivity contribution in [3.8, 4) is 0 Å². The van der Waals surface area contributed by atoms with Crippen molar-refractivity contribution in [1.29, 1.82) is 0 Å². The highest BCUT2D eigenvalue weighted by atomic mass is 16.5. The van der Waals surface area contributed by atoms with Gasteiger partial charge in [0.05, 0.1) is 11.0 Å². The molecule has 1 aliphatic carbocycles. The van der Waals surface area contributed by atoms with E-state index in [1.165, 1.54) is 0 Å². The molecule has 3 heteroatoms. The molecule has 0 amide bonds. The Labute approximate surface area is 98.2 Å². The van der Waals surface area contributed by atoms with E-state index in [1.54, 1.807) is 0 Å². The SMILES string of the molecule is CCC(C)(C)C(=O)OC1CCC(C)(O)CC1. The molecule has 1 saturated carbocycles. The predicted molar refractivity (Wildman–Crippen MR) is 63.0 cm³/mol. The van der Waals surface area contributed by atoms with Crippen LogP contribution < -0.4 is 0 Å². The Balaban J connectivity index is 2.43. The summed E-state index contributed by atoms with van der Waals surface area (Å²) < 4.78 is 5.49. The molecule has 1 N–H and O–H groups in total. The van der Waals surface area contributed by atoms with Gasteiger partial charge in [-0.05, 0) is 52.9 Å². The van der Waals surface area contributed by atoms with Crippen molar-refractivity contribution >= 4 is 5.97 Å². The molecule has 1 aliphatic rings. The topological polar surface area (TPSA) is 46.5 Å². The van der Waals surface area contributed by atoms with Gasteiger partial charge >= 0.3 is 5.97 Å². The Kier molecular flexibility index (Phi) is 4.00. The van der Waals surface area contributed by atoms with E-state index in [1.807, 2.05) is 27.7 Å². The zero-order chi connectivity index (χ0) is 12.4. The minimum Gasteiger partial charge on any atom is -0.462 e. The Bertz CT molecular complexity index is 246. The normalized spacial score (nSPS) is 31.2. The summed E-state index contributed by atoms with van der Waals surface area (Å²) >= 11 is 0.